The van der Waals surface area contributed by atoms with Gasteiger partial charge in [0.25, 0.3) is 0 Å². The molecule has 0 aromatic heterocycles. The van der Waals surface area contributed by atoms with Crippen LogP contribution in [0.3, 0.4) is 0 Å². The van der Waals surface area contributed by atoms with Gasteiger partial charge in [-0.05, 0) is 6.92 Å². The zero-order valence-electron chi connectivity index (χ0n) is 8.73. The molecule has 0 aromatic rings. The summed E-state index contributed by atoms with van der Waals surface area (Å²) in [4.78, 5) is 0. The third kappa shape index (κ3) is 6.56. The van der Waals surface area contributed by atoms with E-state index in [9.17, 15) is 4.57 Å². The van der Waals surface area contributed by atoms with Crippen LogP contribution in [-0.4, -0.2) is 36.1 Å². The number of allylic oxidation sites excluding steroid dienone is 1. The first-order valence-electron chi connectivity index (χ1n) is 4.60. The summed E-state index contributed by atoms with van der Waals surface area (Å²) in [7, 11) is -3.25. The van der Waals surface area contributed by atoms with Gasteiger partial charge < -0.3 is 4.52 Å². The molecular formula is C8H17Cl2N2O2P. The summed E-state index contributed by atoms with van der Waals surface area (Å²) >= 11 is 11.1. The average Bonchev–Trinajstić information content (AvgIpc) is 2.18. The lowest BCUT2D eigenvalue weighted by molar-refractivity contribution is 0.292. The Hall–Kier alpha value is 0.430. The molecule has 2 N–H and O–H groups in total. The second kappa shape index (κ2) is 8.57. The SMILES string of the molecule is CC=CCOP(N)(=O)N(CCCl)CCCl. The Morgan fingerprint density at radius 1 is 1.40 bits per heavy atom. The smallest absolute Gasteiger partial charge is 0.302 e. The molecule has 0 aliphatic rings. The van der Waals surface area contributed by atoms with E-state index in [2.05, 4.69) is 0 Å². The summed E-state index contributed by atoms with van der Waals surface area (Å²) in [6, 6.07) is 0. The molecule has 0 aromatic carbocycles. The van der Waals surface area contributed by atoms with E-state index in [1.807, 2.05) is 6.92 Å². The largest absolute Gasteiger partial charge is 0.341 e. The van der Waals surface area contributed by atoms with Crippen LogP contribution in [0.25, 0.3) is 0 Å². The van der Waals surface area contributed by atoms with Crippen molar-refractivity contribution in [1.29, 1.82) is 0 Å². The molecular weight excluding hydrogens is 258 g/mol. The summed E-state index contributed by atoms with van der Waals surface area (Å²) in [5.41, 5.74) is 5.58. The maximum atomic E-state index is 11.9. The summed E-state index contributed by atoms with van der Waals surface area (Å²) < 4.78 is 18.5. The Labute approximate surface area is 101 Å². The number of nitrogens with two attached hydrogens (primary N) is 1. The van der Waals surface area contributed by atoms with Crippen molar-refractivity contribution >= 4 is 30.9 Å². The summed E-state index contributed by atoms with van der Waals surface area (Å²) in [6.45, 7) is 2.88. The van der Waals surface area contributed by atoms with Crippen LogP contribution in [-0.2, 0) is 9.09 Å². The minimum atomic E-state index is -3.25. The van der Waals surface area contributed by atoms with Gasteiger partial charge in [-0.2, -0.15) is 0 Å². The quantitative estimate of drug-likeness (QED) is 0.420. The van der Waals surface area contributed by atoms with Crippen molar-refractivity contribution in [2.45, 2.75) is 6.92 Å². The zero-order valence-corrected chi connectivity index (χ0v) is 11.1. The molecule has 0 saturated carbocycles. The summed E-state index contributed by atoms with van der Waals surface area (Å²) in [6.07, 6.45) is 3.53. The minimum Gasteiger partial charge on any atom is -0.302 e. The van der Waals surface area contributed by atoms with E-state index >= 15 is 0 Å². The zero-order chi connectivity index (χ0) is 11.7. The van der Waals surface area contributed by atoms with Gasteiger partial charge in [0.05, 0.1) is 6.61 Å². The lowest BCUT2D eigenvalue weighted by atomic mass is 10.6. The van der Waals surface area contributed by atoms with Crippen LogP contribution in [0, 0.1) is 0 Å². The van der Waals surface area contributed by atoms with Crippen LogP contribution in [0.1, 0.15) is 6.92 Å². The maximum absolute atomic E-state index is 11.9. The minimum absolute atomic E-state index is 0.228. The topological polar surface area (TPSA) is 55.6 Å². The van der Waals surface area contributed by atoms with E-state index in [0.717, 1.165) is 0 Å². The van der Waals surface area contributed by atoms with E-state index in [4.69, 9.17) is 33.2 Å². The lowest BCUT2D eigenvalue weighted by Gasteiger charge is -2.25. The molecule has 0 heterocycles. The molecule has 1 unspecified atom stereocenters. The van der Waals surface area contributed by atoms with Crippen LogP contribution in [0.5, 0.6) is 0 Å². The highest BCUT2D eigenvalue weighted by Crippen LogP contribution is 2.41. The Morgan fingerprint density at radius 3 is 2.33 bits per heavy atom. The first-order valence-corrected chi connectivity index (χ1v) is 7.31. The molecule has 0 aliphatic heterocycles. The van der Waals surface area contributed by atoms with Crippen LogP contribution in [0.2, 0.25) is 0 Å². The molecule has 15 heavy (non-hydrogen) atoms. The van der Waals surface area contributed by atoms with E-state index in [-0.39, 0.29) is 6.61 Å². The molecule has 7 heteroatoms. The Kier molecular flexibility index (Phi) is 8.81. The molecule has 0 bridgehead atoms. The maximum Gasteiger partial charge on any atom is 0.341 e. The van der Waals surface area contributed by atoms with Gasteiger partial charge >= 0.3 is 7.67 Å². The average molecular weight is 275 g/mol. The van der Waals surface area contributed by atoms with Gasteiger partial charge in [0.15, 0.2) is 0 Å². The molecule has 0 fully saturated rings. The second-order valence-corrected chi connectivity index (χ2v) is 5.47. The monoisotopic (exact) mass is 274 g/mol. The van der Waals surface area contributed by atoms with E-state index in [1.54, 1.807) is 12.2 Å². The molecule has 1 atom stereocenters. The fraction of sp³-hybridized carbons (Fsp3) is 0.750. The number of alkyl halides is 2. The highest BCUT2D eigenvalue weighted by Gasteiger charge is 2.25. The van der Waals surface area contributed by atoms with Gasteiger partial charge in [-0.1, -0.05) is 12.2 Å². The number of halogens is 2. The number of hydrogen-bond acceptors (Lipinski definition) is 2. The predicted octanol–water partition coefficient (Wildman–Crippen LogP) is 2.43. The molecule has 0 saturated heterocycles. The van der Waals surface area contributed by atoms with Gasteiger partial charge in [0.1, 0.15) is 0 Å². The molecule has 0 amide bonds. The fourth-order valence-electron chi connectivity index (χ4n) is 0.913. The van der Waals surface area contributed by atoms with E-state index < -0.39 is 7.67 Å². The van der Waals surface area contributed by atoms with E-state index in [0.29, 0.717) is 24.8 Å². The van der Waals surface area contributed by atoms with Crippen molar-refractivity contribution < 1.29 is 9.09 Å². The first kappa shape index (κ1) is 15.4. The van der Waals surface area contributed by atoms with E-state index in [1.165, 1.54) is 4.67 Å². The Morgan fingerprint density at radius 2 is 1.93 bits per heavy atom. The summed E-state index contributed by atoms with van der Waals surface area (Å²) in [5.74, 6) is 0.677. The third-order valence-electron chi connectivity index (χ3n) is 1.67. The molecule has 0 radical (unpaired) electrons. The molecule has 4 nitrogen and oxygen atoms in total. The van der Waals surface area contributed by atoms with Gasteiger partial charge in [0.2, 0.25) is 0 Å². The van der Waals surface area contributed by atoms with Crippen LogP contribution in [0.15, 0.2) is 12.2 Å². The van der Waals surface area contributed by atoms with Crippen molar-refractivity contribution in [3.8, 4) is 0 Å². The first-order chi connectivity index (χ1) is 7.08. The molecule has 90 valence electrons. The van der Waals surface area contributed by atoms with Crippen LogP contribution >= 0.6 is 30.9 Å². The Bertz CT molecular complexity index is 233. The Balaban J connectivity index is 4.27. The van der Waals surface area contributed by atoms with Gasteiger partial charge in [-0.25, -0.2) is 10.2 Å². The standard InChI is InChI=1S/C8H17Cl2N2O2P/c1-2-3-8-14-15(11,13)12(6-4-9)7-5-10/h2-3H,4-8H2,1H3,(H2,11,13). The van der Waals surface area contributed by atoms with Crippen molar-refractivity contribution in [3.05, 3.63) is 12.2 Å². The van der Waals surface area contributed by atoms with Crippen molar-refractivity contribution in [2.75, 3.05) is 31.5 Å². The number of nitrogens with zero attached hydrogens (tertiary/aromatic N) is 1. The van der Waals surface area contributed by atoms with Crippen LogP contribution in [0.4, 0.5) is 0 Å². The van der Waals surface area contributed by atoms with Crippen molar-refractivity contribution in [2.24, 2.45) is 5.50 Å². The van der Waals surface area contributed by atoms with Gasteiger partial charge in [-0.15, -0.1) is 23.2 Å². The normalized spacial score (nSPS) is 16.1. The van der Waals surface area contributed by atoms with Crippen LogP contribution < -0.4 is 5.50 Å². The molecule has 0 aliphatic carbocycles. The van der Waals surface area contributed by atoms with Gasteiger partial charge in [-0.3, -0.25) is 4.57 Å². The molecule has 0 rings (SSSR count). The second-order valence-electron chi connectivity index (χ2n) is 2.76. The number of hydrogen-bond donors (Lipinski definition) is 1. The molecule has 0 spiro atoms. The summed E-state index contributed by atoms with van der Waals surface area (Å²) in [5, 5.41) is 0. The predicted molar refractivity (Wildman–Crippen MR) is 65.6 cm³/mol. The van der Waals surface area contributed by atoms with Gasteiger partial charge in [0, 0.05) is 24.8 Å². The van der Waals surface area contributed by atoms with Crippen molar-refractivity contribution in [3.63, 3.8) is 0 Å². The fourth-order valence-corrected chi connectivity index (χ4v) is 2.78. The highest BCUT2D eigenvalue weighted by atomic mass is 35.5. The van der Waals surface area contributed by atoms with Crippen molar-refractivity contribution in [1.82, 2.24) is 4.67 Å². The highest BCUT2D eigenvalue weighted by molar-refractivity contribution is 7.53. The number of rotatable bonds is 8. The third-order valence-corrected chi connectivity index (χ3v) is 3.72. The lowest BCUT2D eigenvalue weighted by Crippen LogP contribution is -2.29.